The molecule has 0 saturated carbocycles. The van der Waals surface area contributed by atoms with Gasteiger partial charge < -0.3 is 10.6 Å². The Kier molecular flexibility index (Phi) is 7.44. The molecule has 0 aliphatic carbocycles. The van der Waals surface area contributed by atoms with Gasteiger partial charge in [0, 0.05) is 25.6 Å². The molecular formula is C14H30N2O. The summed E-state index contributed by atoms with van der Waals surface area (Å²) in [6.45, 7) is 12.3. The first kappa shape index (κ1) is 16.4. The Labute approximate surface area is 107 Å². The SMILES string of the molecule is CCCCN(CC)C(=O)CC(N)CC(C)(C)C. The molecule has 1 unspecified atom stereocenters. The molecule has 0 aromatic rings. The molecule has 17 heavy (non-hydrogen) atoms. The number of hydrogen-bond donors (Lipinski definition) is 1. The van der Waals surface area contributed by atoms with Gasteiger partial charge in [-0.05, 0) is 25.2 Å². The summed E-state index contributed by atoms with van der Waals surface area (Å²) in [7, 11) is 0. The van der Waals surface area contributed by atoms with Crippen molar-refractivity contribution in [2.45, 2.75) is 66.3 Å². The van der Waals surface area contributed by atoms with Gasteiger partial charge in [0.15, 0.2) is 0 Å². The number of rotatable bonds is 7. The van der Waals surface area contributed by atoms with Crippen LogP contribution >= 0.6 is 0 Å². The molecule has 3 heteroatoms. The van der Waals surface area contributed by atoms with E-state index in [1.807, 2.05) is 11.8 Å². The maximum Gasteiger partial charge on any atom is 0.224 e. The molecule has 3 nitrogen and oxygen atoms in total. The molecule has 0 rings (SSSR count). The van der Waals surface area contributed by atoms with Gasteiger partial charge in [0.25, 0.3) is 0 Å². The standard InChI is InChI=1S/C14H30N2O/c1-6-8-9-16(7-2)13(17)10-12(15)11-14(3,4)5/h12H,6-11,15H2,1-5H3. The van der Waals surface area contributed by atoms with E-state index in [0.717, 1.165) is 32.4 Å². The van der Waals surface area contributed by atoms with Crippen molar-refractivity contribution in [3.63, 3.8) is 0 Å². The number of nitrogens with zero attached hydrogens (tertiary/aromatic N) is 1. The van der Waals surface area contributed by atoms with Gasteiger partial charge in [-0.25, -0.2) is 0 Å². The number of carbonyl (C=O) groups is 1. The van der Waals surface area contributed by atoms with Gasteiger partial charge in [-0.3, -0.25) is 4.79 Å². The number of unbranched alkanes of at least 4 members (excludes halogenated alkanes) is 1. The quantitative estimate of drug-likeness (QED) is 0.746. The molecule has 0 saturated heterocycles. The topological polar surface area (TPSA) is 46.3 Å². The molecule has 0 bridgehead atoms. The van der Waals surface area contributed by atoms with Crippen molar-refractivity contribution in [1.29, 1.82) is 0 Å². The van der Waals surface area contributed by atoms with Crippen LogP contribution in [0.15, 0.2) is 0 Å². The highest BCUT2D eigenvalue weighted by Crippen LogP contribution is 2.21. The van der Waals surface area contributed by atoms with Gasteiger partial charge in [0.05, 0.1) is 0 Å². The maximum atomic E-state index is 12.0. The second-order valence-corrected chi connectivity index (χ2v) is 6.06. The van der Waals surface area contributed by atoms with E-state index in [4.69, 9.17) is 5.73 Å². The van der Waals surface area contributed by atoms with Crippen molar-refractivity contribution < 1.29 is 4.79 Å². The summed E-state index contributed by atoms with van der Waals surface area (Å²) in [6.07, 6.45) is 3.57. The highest BCUT2D eigenvalue weighted by Gasteiger charge is 2.20. The second kappa shape index (κ2) is 7.70. The van der Waals surface area contributed by atoms with Crippen LogP contribution in [0, 0.1) is 5.41 Å². The number of amides is 1. The molecule has 1 amide bonds. The van der Waals surface area contributed by atoms with Crippen LogP contribution in [0.4, 0.5) is 0 Å². The molecule has 102 valence electrons. The minimum absolute atomic E-state index is 0.0156. The summed E-state index contributed by atoms with van der Waals surface area (Å²) in [5.74, 6) is 0.206. The normalized spacial score (nSPS) is 13.5. The number of hydrogen-bond acceptors (Lipinski definition) is 2. The monoisotopic (exact) mass is 242 g/mol. The van der Waals surface area contributed by atoms with E-state index in [1.54, 1.807) is 0 Å². The Morgan fingerprint density at radius 1 is 1.29 bits per heavy atom. The minimum atomic E-state index is -0.0156. The summed E-state index contributed by atoms with van der Waals surface area (Å²) >= 11 is 0. The lowest BCUT2D eigenvalue weighted by atomic mass is 9.87. The van der Waals surface area contributed by atoms with Crippen molar-refractivity contribution in [2.75, 3.05) is 13.1 Å². The van der Waals surface area contributed by atoms with Gasteiger partial charge in [0.1, 0.15) is 0 Å². The highest BCUT2D eigenvalue weighted by molar-refractivity contribution is 5.76. The third-order valence-electron chi connectivity index (χ3n) is 2.83. The van der Waals surface area contributed by atoms with Crippen molar-refractivity contribution in [2.24, 2.45) is 11.1 Å². The van der Waals surface area contributed by atoms with Crippen LogP contribution in [0.5, 0.6) is 0 Å². The smallest absolute Gasteiger partial charge is 0.224 e. The Morgan fingerprint density at radius 2 is 1.88 bits per heavy atom. The van der Waals surface area contributed by atoms with E-state index in [2.05, 4.69) is 27.7 Å². The maximum absolute atomic E-state index is 12.0. The summed E-state index contributed by atoms with van der Waals surface area (Å²) < 4.78 is 0. The first-order valence-electron chi connectivity index (χ1n) is 6.83. The van der Waals surface area contributed by atoms with Gasteiger partial charge in [-0.15, -0.1) is 0 Å². The Hall–Kier alpha value is -0.570. The lowest BCUT2D eigenvalue weighted by Crippen LogP contribution is -2.37. The average molecular weight is 242 g/mol. The largest absolute Gasteiger partial charge is 0.343 e. The molecule has 0 spiro atoms. The van der Waals surface area contributed by atoms with Crippen LogP contribution in [0.2, 0.25) is 0 Å². The minimum Gasteiger partial charge on any atom is -0.343 e. The highest BCUT2D eigenvalue weighted by atomic mass is 16.2. The van der Waals surface area contributed by atoms with Gasteiger partial charge in [-0.2, -0.15) is 0 Å². The van der Waals surface area contributed by atoms with Crippen molar-refractivity contribution >= 4 is 5.91 Å². The fourth-order valence-electron chi connectivity index (χ4n) is 2.02. The summed E-state index contributed by atoms with van der Waals surface area (Å²) in [6, 6.07) is -0.0156. The lowest BCUT2D eigenvalue weighted by molar-refractivity contribution is -0.131. The predicted octanol–water partition coefficient (Wildman–Crippen LogP) is 2.79. The van der Waals surface area contributed by atoms with Crippen LogP contribution in [-0.2, 0) is 4.79 Å². The third-order valence-corrected chi connectivity index (χ3v) is 2.83. The van der Waals surface area contributed by atoms with E-state index >= 15 is 0 Å². The zero-order chi connectivity index (χ0) is 13.5. The predicted molar refractivity (Wildman–Crippen MR) is 73.8 cm³/mol. The van der Waals surface area contributed by atoms with Gasteiger partial charge in [-0.1, -0.05) is 34.1 Å². The molecule has 0 aliphatic heterocycles. The van der Waals surface area contributed by atoms with Crippen LogP contribution in [0.3, 0.4) is 0 Å². The first-order chi connectivity index (χ1) is 7.80. The molecule has 1 atom stereocenters. The molecule has 0 aliphatic rings. The lowest BCUT2D eigenvalue weighted by Gasteiger charge is -2.26. The van der Waals surface area contributed by atoms with Crippen molar-refractivity contribution in [3.05, 3.63) is 0 Å². The molecule has 0 radical (unpaired) electrons. The van der Waals surface area contributed by atoms with E-state index in [1.165, 1.54) is 0 Å². The van der Waals surface area contributed by atoms with Crippen LogP contribution in [-0.4, -0.2) is 29.9 Å². The Bertz CT molecular complexity index is 221. The summed E-state index contributed by atoms with van der Waals surface area (Å²) in [5.41, 5.74) is 6.23. The van der Waals surface area contributed by atoms with E-state index in [-0.39, 0.29) is 17.4 Å². The molecule has 0 aromatic heterocycles. The fraction of sp³-hybridized carbons (Fsp3) is 0.929. The molecule has 0 heterocycles. The number of nitrogens with two attached hydrogens (primary N) is 1. The molecule has 0 aromatic carbocycles. The summed E-state index contributed by atoms with van der Waals surface area (Å²) in [4.78, 5) is 13.9. The van der Waals surface area contributed by atoms with Gasteiger partial charge in [0.2, 0.25) is 5.91 Å². The van der Waals surface area contributed by atoms with Crippen LogP contribution in [0.25, 0.3) is 0 Å². The van der Waals surface area contributed by atoms with Crippen LogP contribution in [0.1, 0.15) is 60.3 Å². The molecule has 2 N–H and O–H groups in total. The zero-order valence-corrected chi connectivity index (χ0v) is 12.3. The second-order valence-electron chi connectivity index (χ2n) is 6.06. The van der Waals surface area contributed by atoms with E-state index < -0.39 is 0 Å². The van der Waals surface area contributed by atoms with E-state index in [9.17, 15) is 4.79 Å². The fourth-order valence-corrected chi connectivity index (χ4v) is 2.02. The van der Waals surface area contributed by atoms with Crippen molar-refractivity contribution in [1.82, 2.24) is 4.90 Å². The number of carbonyl (C=O) groups excluding carboxylic acids is 1. The molecule has 0 fully saturated rings. The van der Waals surface area contributed by atoms with Gasteiger partial charge >= 0.3 is 0 Å². The van der Waals surface area contributed by atoms with E-state index in [0.29, 0.717) is 6.42 Å². The Balaban J connectivity index is 4.12. The van der Waals surface area contributed by atoms with Crippen LogP contribution < -0.4 is 5.73 Å². The average Bonchev–Trinajstić information content (AvgIpc) is 2.15. The molecular weight excluding hydrogens is 212 g/mol. The Morgan fingerprint density at radius 3 is 2.29 bits per heavy atom. The third kappa shape index (κ3) is 8.19. The van der Waals surface area contributed by atoms with Crippen molar-refractivity contribution in [3.8, 4) is 0 Å². The summed E-state index contributed by atoms with van der Waals surface area (Å²) in [5, 5.41) is 0. The first-order valence-corrected chi connectivity index (χ1v) is 6.83. The zero-order valence-electron chi connectivity index (χ0n) is 12.3.